The van der Waals surface area contributed by atoms with E-state index in [9.17, 15) is 23.9 Å². The van der Waals surface area contributed by atoms with Crippen LogP contribution in [0.2, 0.25) is 0 Å². The predicted octanol–water partition coefficient (Wildman–Crippen LogP) is 1.57. The largest absolute Gasteiger partial charge is 0.480 e. The van der Waals surface area contributed by atoms with Crippen LogP contribution in [-0.4, -0.2) is 40.4 Å². The lowest BCUT2D eigenvalue weighted by molar-refractivity contribution is -0.156. The lowest BCUT2D eigenvalue weighted by Crippen LogP contribution is -2.52. The fraction of sp³-hybridized carbons (Fsp3) is 0.400. The van der Waals surface area contributed by atoms with E-state index in [1.54, 1.807) is 0 Å². The molecule has 6 nitrogen and oxygen atoms in total. The van der Waals surface area contributed by atoms with Gasteiger partial charge in [0, 0.05) is 19.2 Å². The maximum absolute atomic E-state index is 13.3. The van der Waals surface area contributed by atoms with Crippen LogP contribution in [0.25, 0.3) is 0 Å². The summed E-state index contributed by atoms with van der Waals surface area (Å²) in [5.41, 5.74) is -0.680. The molecule has 2 N–H and O–H groups in total. The minimum atomic E-state index is -1.41. The Morgan fingerprint density at radius 1 is 1.41 bits per heavy atom. The number of carboxylic acids is 1. The number of rotatable bonds is 3. The number of carbonyl (C=O) groups excluding carboxylic acids is 2. The summed E-state index contributed by atoms with van der Waals surface area (Å²) < 4.78 is 13.3. The number of nitrogens with zero attached hydrogens (tertiary/aromatic N) is 1. The van der Waals surface area contributed by atoms with Crippen molar-refractivity contribution in [2.75, 3.05) is 12.4 Å². The molecule has 0 spiro atoms. The van der Waals surface area contributed by atoms with Gasteiger partial charge in [-0.25, -0.2) is 9.18 Å². The van der Waals surface area contributed by atoms with Crippen molar-refractivity contribution in [1.82, 2.24) is 4.90 Å². The number of fused-ring (bicyclic) bond motifs is 1. The van der Waals surface area contributed by atoms with E-state index >= 15 is 0 Å². The molecular weight excluding hydrogens is 291 g/mol. The van der Waals surface area contributed by atoms with Crippen LogP contribution in [0.5, 0.6) is 0 Å². The maximum Gasteiger partial charge on any atom is 0.329 e. The fourth-order valence-electron chi connectivity index (χ4n) is 2.31. The number of carbonyl (C=O) groups is 3. The second-order valence-corrected chi connectivity index (χ2v) is 5.80. The highest BCUT2D eigenvalue weighted by molar-refractivity contribution is 6.02. The van der Waals surface area contributed by atoms with Crippen LogP contribution >= 0.6 is 0 Å². The van der Waals surface area contributed by atoms with Crippen LogP contribution in [0.3, 0.4) is 0 Å². The van der Waals surface area contributed by atoms with Gasteiger partial charge in [0.25, 0.3) is 0 Å². The van der Waals surface area contributed by atoms with E-state index in [2.05, 4.69) is 5.32 Å². The number of amides is 2. The second-order valence-electron chi connectivity index (χ2n) is 5.80. The molecule has 0 fully saturated rings. The molecule has 0 saturated carbocycles. The standard InChI is InChI=1S/C15H17FN2O4/c1-15(2,14(21)22)18(3)13(20)10-7-12(19)17-11-6-8(16)4-5-9(10)11/h4-6,10H,7H2,1-3H3,(H,17,19)(H,21,22). The van der Waals surface area contributed by atoms with Gasteiger partial charge in [0.05, 0.1) is 5.92 Å². The SMILES string of the molecule is CN(C(=O)C1CC(=O)Nc2cc(F)ccc21)C(C)(C)C(=O)O. The molecule has 7 heteroatoms. The zero-order chi connectivity index (χ0) is 16.7. The Labute approximate surface area is 126 Å². The molecule has 0 radical (unpaired) electrons. The maximum atomic E-state index is 13.3. The Bertz CT molecular complexity index is 657. The highest BCUT2D eigenvalue weighted by Crippen LogP contribution is 2.35. The highest BCUT2D eigenvalue weighted by atomic mass is 19.1. The van der Waals surface area contributed by atoms with Crippen LogP contribution in [0.4, 0.5) is 10.1 Å². The number of hydrogen-bond donors (Lipinski definition) is 2. The zero-order valence-corrected chi connectivity index (χ0v) is 12.5. The normalized spacial score (nSPS) is 17.5. The lowest BCUT2D eigenvalue weighted by atomic mass is 9.88. The van der Waals surface area contributed by atoms with Crippen molar-refractivity contribution < 1.29 is 23.9 Å². The molecule has 1 aliphatic heterocycles. The van der Waals surface area contributed by atoms with Gasteiger partial charge in [0.15, 0.2) is 0 Å². The Balaban J connectivity index is 2.39. The van der Waals surface area contributed by atoms with Crippen molar-refractivity contribution >= 4 is 23.5 Å². The van der Waals surface area contributed by atoms with Gasteiger partial charge in [-0.05, 0) is 31.5 Å². The molecular formula is C15H17FN2O4. The zero-order valence-electron chi connectivity index (χ0n) is 12.5. The summed E-state index contributed by atoms with van der Waals surface area (Å²) in [5, 5.41) is 11.7. The Kier molecular flexibility index (Phi) is 3.91. The summed E-state index contributed by atoms with van der Waals surface area (Å²) in [6.45, 7) is 2.81. The number of halogens is 1. The Morgan fingerprint density at radius 2 is 2.05 bits per heavy atom. The summed E-state index contributed by atoms with van der Waals surface area (Å²) in [6, 6.07) is 3.79. The fourth-order valence-corrected chi connectivity index (χ4v) is 2.31. The molecule has 1 atom stereocenters. The molecule has 1 aromatic carbocycles. The first kappa shape index (κ1) is 15.9. The van der Waals surface area contributed by atoms with Gasteiger partial charge in [0.2, 0.25) is 11.8 Å². The second kappa shape index (κ2) is 5.40. The number of carboxylic acid groups (broad SMARTS) is 1. The number of benzene rings is 1. The molecule has 2 amide bonds. The Hall–Kier alpha value is -2.44. The van der Waals surface area contributed by atoms with Crippen molar-refractivity contribution in [1.29, 1.82) is 0 Å². The van der Waals surface area contributed by atoms with Gasteiger partial charge in [-0.2, -0.15) is 0 Å². The van der Waals surface area contributed by atoms with E-state index in [-0.39, 0.29) is 12.1 Å². The number of anilines is 1. The van der Waals surface area contributed by atoms with Gasteiger partial charge in [-0.15, -0.1) is 0 Å². The summed E-state index contributed by atoms with van der Waals surface area (Å²) in [7, 11) is 1.38. The quantitative estimate of drug-likeness (QED) is 0.887. The van der Waals surface area contributed by atoms with Crippen molar-refractivity contribution in [2.24, 2.45) is 0 Å². The van der Waals surface area contributed by atoms with E-state index in [4.69, 9.17) is 0 Å². The Morgan fingerprint density at radius 3 is 2.64 bits per heavy atom. The first-order chi connectivity index (χ1) is 10.1. The molecule has 22 heavy (non-hydrogen) atoms. The van der Waals surface area contributed by atoms with Crippen LogP contribution < -0.4 is 5.32 Å². The molecule has 0 aliphatic carbocycles. The molecule has 0 aromatic heterocycles. The minimum absolute atomic E-state index is 0.0997. The van der Waals surface area contributed by atoms with E-state index in [0.29, 0.717) is 5.56 Å². The van der Waals surface area contributed by atoms with Crippen LogP contribution in [-0.2, 0) is 14.4 Å². The monoisotopic (exact) mass is 308 g/mol. The van der Waals surface area contributed by atoms with E-state index in [0.717, 1.165) is 11.0 Å². The van der Waals surface area contributed by atoms with Crippen molar-refractivity contribution in [3.8, 4) is 0 Å². The average Bonchev–Trinajstić information content (AvgIpc) is 2.43. The average molecular weight is 308 g/mol. The molecule has 1 aromatic rings. The predicted molar refractivity (Wildman–Crippen MR) is 76.9 cm³/mol. The van der Waals surface area contributed by atoms with Gasteiger partial charge < -0.3 is 15.3 Å². The van der Waals surface area contributed by atoms with Gasteiger partial charge in [-0.3, -0.25) is 9.59 Å². The first-order valence-corrected chi connectivity index (χ1v) is 6.75. The summed E-state index contributed by atoms with van der Waals surface area (Å²) in [6.07, 6.45) is -0.0997. The molecule has 118 valence electrons. The van der Waals surface area contributed by atoms with Crippen LogP contribution in [0.15, 0.2) is 18.2 Å². The molecule has 0 bridgehead atoms. The third-order valence-corrected chi connectivity index (χ3v) is 4.04. The lowest BCUT2D eigenvalue weighted by Gasteiger charge is -2.35. The number of nitrogens with one attached hydrogen (secondary N) is 1. The molecule has 1 aliphatic rings. The minimum Gasteiger partial charge on any atom is -0.480 e. The number of aliphatic carboxylic acids is 1. The summed E-state index contributed by atoms with van der Waals surface area (Å²) in [4.78, 5) is 36.8. The molecule has 2 rings (SSSR count). The van der Waals surface area contributed by atoms with Crippen molar-refractivity contribution in [3.63, 3.8) is 0 Å². The van der Waals surface area contributed by atoms with Gasteiger partial charge in [0.1, 0.15) is 11.4 Å². The molecule has 1 unspecified atom stereocenters. The molecule has 0 saturated heterocycles. The van der Waals surface area contributed by atoms with E-state index in [1.165, 1.54) is 33.0 Å². The molecule has 1 heterocycles. The smallest absolute Gasteiger partial charge is 0.329 e. The highest BCUT2D eigenvalue weighted by Gasteiger charge is 2.40. The van der Waals surface area contributed by atoms with E-state index < -0.39 is 35.1 Å². The third kappa shape index (κ3) is 2.66. The van der Waals surface area contributed by atoms with E-state index in [1.807, 2.05) is 0 Å². The van der Waals surface area contributed by atoms with Crippen molar-refractivity contribution in [3.05, 3.63) is 29.6 Å². The summed E-state index contributed by atoms with van der Waals surface area (Å²) >= 11 is 0. The van der Waals surface area contributed by atoms with Crippen molar-refractivity contribution in [2.45, 2.75) is 31.7 Å². The first-order valence-electron chi connectivity index (χ1n) is 6.75. The summed E-state index contributed by atoms with van der Waals surface area (Å²) in [5.74, 6) is -3.39. The number of likely N-dealkylation sites (N-methyl/N-ethyl adjacent to an activating group) is 1. The number of hydrogen-bond acceptors (Lipinski definition) is 3. The third-order valence-electron chi connectivity index (χ3n) is 4.04. The van der Waals surface area contributed by atoms with Gasteiger partial charge >= 0.3 is 5.97 Å². The topological polar surface area (TPSA) is 86.7 Å². The van der Waals surface area contributed by atoms with Crippen LogP contribution in [0.1, 0.15) is 31.7 Å². The van der Waals surface area contributed by atoms with Gasteiger partial charge in [-0.1, -0.05) is 6.07 Å². The van der Waals surface area contributed by atoms with Crippen LogP contribution in [0, 0.1) is 5.82 Å².